The number of aliphatic carboxylic acids is 1. The predicted molar refractivity (Wildman–Crippen MR) is 133 cm³/mol. The van der Waals surface area contributed by atoms with Crippen molar-refractivity contribution in [1.82, 2.24) is 10.2 Å². The zero-order valence-corrected chi connectivity index (χ0v) is 20.6. The van der Waals surface area contributed by atoms with Crippen molar-refractivity contribution >= 4 is 18.0 Å². The van der Waals surface area contributed by atoms with Gasteiger partial charge in [-0.3, -0.25) is 9.59 Å². The van der Waals surface area contributed by atoms with Crippen molar-refractivity contribution in [2.24, 2.45) is 11.8 Å². The number of carboxylic acid groups (broad SMARTS) is 1. The van der Waals surface area contributed by atoms with Crippen LogP contribution in [0.25, 0.3) is 11.1 Å². The van der Waals surface area contributed by atoms with E-state index in [1.54, 1.807) is 11.8 Å². The van der Waals surface area contributed by atoms with Crippen LogP contribution in [0.15, 0.2) is 48.5 Å². The molecule has 0 bridgehead atoms. The van der Waals surface area contributed by atoms with Crippen LogP contribution in [0.5, 0.6) is 0 Å². The summed E-state index contributed by atoms with van der Waals surface area (Å²) >= 11 is 0. The average Bonchev–Trinajstić information content (AvgIpc) is 3.19. The number of rotatable bonds is 7. The molecular weight excluding hydrogens is 444 g/mol. The summed E-state index contributed by atoms with van der Waals surface area (Å²) < 4.78 is 5.67. The third-order valence-corrected chi connectivity index (χ3v) is 7.68. The molecule has 1 saturated heterocycles. The highest BCUT2D eigenvalue weighted by Crippen LogP contribution is 2.44. The monoisotopic (exact) mass is 478 g/mol. The standard InChI is InChI=1S/C28H34N2O5/c1-4-17(2)25(26(31)30-15-9-14-19(18(30)3)27(32)33)29-28(34)35-16-24-22-12-7-5-10-20(22)21-11-6-8-13-23(21)24/h5-8,10-13,17-19,24-25H,4,9,14-16H2,1-3H3,(H,29,34)(H,32,33)/t17?,18-,19-,25?/m0/s1. The maximum absolute atomic E-state index is 13.5. The Labute approximate surface area is 206 Å². The summed E-state index contributed by atoms with van der Waals surface area (Å²) in [5.41, 5.74) is 4.55. The molecule has 2 aromatic carbocycles. The van der Waals surface area contributed by atoms with Gasteiger partial charge in [0.05, 0.1) is 5.92 Å². The van der Waals surface area contributed by atoms with Crippen molar-refractivity contribution in [3.63, 3.8) is 0 Å². The number of alkyl carbamates (subject to hydrolysis) is 1. The summed E-state index contributed by atoms with van der Waals surface area (Å²) in [6.45, 7) is 6.31. The minimum absolute atomic E-state index is 0.0654. The number of nitrogens with one attached hydrogen (secondary N) is 1. The average molecular weight is 479 g/mol. The second-order valence-electron chi connectivity index (χ2n) is 9.69. The first-order valence-electron chi connectivity index (χ1n) is 12.5. The van der Waals surface area contributed by atoms with E-state index in [0.717, 1.165) is 22.3 Å². The normalized spacial score (nSPS) is 20.9. The van der Waals surface area contributed by atoms with E-state index in [2.05, 4.69) is 29.6 Å². The summed E-state index contributed by atoms with van der Waals surface area (Å²) in [5, 5.41) is 12.3. The molecule has 2 N–H and O–H groups in total. The number of carboxylic acids is 1. The van der Waals surface area contributed by atoms with Crippen LogP contribution < -0.4 is 5.32 Å². The van der Waals surface area contributed by atoms with Gasteiger partial charge >= 0.3 is 12.1 Å². The summed E-state index contributed by atoms with van der Waals surface area (Å²) in [7, 11) is 0. The van der Waals surface area contributed by atoms with Gasteiger partial charge in [0, 0.05) is 18.5 Å². The number of amides is 2. The van der Waals surface area contributed by atoms with Gasteiger partial charge in [0.2, 0.25) is 5.91 Å². The lowest BCUT2D eigenvalue weighted by Gasteiger charge is -2.40. The number of hydrogen-bond donors (Lipinski definition) is 2. The minimum atomic E-state index is -0.889. The van der Waals surface area contributed by atoms with Gasteiger partial charge in [0.15, 0.2) is 0 Å². The van der Waals surface area contributed by atoms with Gasteiger partial charge in [-0.25, -0.2) is 4.79 Å². The molecule has 4 rings (SSSR count). The fraction of sp³-hybridized carbons (Fsp3) is 0.464. The maximum atomic E-state index is 13.5. The molecule has 1 heterocycles. The number of benzene rings is 2. The molecule has 0 radical (unpaired) electrons. The summed E-state index contributed by atoms with van der Waals surface area (Å²) in [5.74, 6) is -1.92. The van der Waals surface area contributed by atoms with E-state index >= 15 is 0 Å². The molecule has 2 amide bonds. The Hall–Kier alpha value is -3.35. The van der Waals surface area contributed by atoms with Crippen LogP contribution in [-0.4, -0.2) is 53.2 Å². The maximum Gasteiger partial charge on any atom is 0.407 e. The van der Waals surface area contributed by atoms with Gasteiger partial charge in [-0.15, -0.1) is 0 Å². The van der Waals surface area contributed by atoms with E-state index in [1.807, 2.05) is 38.1 Å². The molecule has 2 unspecified atom stereocenters. The van der Waals surface area contributed by atoms with Crippen LogP contribution >= 0.6 is 0 Å². The molecule has 7 nitrogen and oxygen atoms in total. The minimum Gasteiger partial charge on any atom is -0.481 e. The number of hydrogen-bond acceptors (Lipinski definition) is 4. The number of carbonyl (C=O) groups is 3. The lowest BCUT2D eigenvalue weighted by Crippen LogP contribution is -2.57. The highest BCUT2D eigenvalue weighted by Gasteiger charge is 2.39. The van der Waals surface area contributed by atoms with Gasteiger partial charge in [-0.05, 0) is 47.9 Å². The van der Waals surface area contributed by atoms with Gasteiger partial charge in [0.25, 0.3) is 0 Å². The Balaban J connectivity index is 1.45. The first kappa shape index (κ1) is 24.8. The summed E-state index contributed by atoms with van der Waals surface area (Å²) in [4.78, 5) is 39.6. The third kappa shape index (κ3) is 4.90. The van der Waals surface area contributed by atoms with Crippen LogP contribution in [0.4, 0.5) is 4.79 Å². The van der Waals surface area contributed by atoms with Crippen molar-refractivity contribution in [2.75, 3.05) is 13.2 Å². The molecule has 2 aromatic rings. The van der Waals surface area contributed by atoms with Crippen LogP contribution in [0.3, 0.4) is 0 Å². The van der Waals surface area contributed by atoms with Crippen molar-refractivity contribution in [2.45, 2.75) is 58.0 Å². The molecule has 1 aliphatic carbocycles. The van der Waals surface area contributed by atoms with Crippen LogP contribution in [0, 0.1) is 11.8 Å². The fourth-order valence-corrected chi connectivity index (χ4v) is 5.41. The smallest absolute Gasteiger partial charge is 0.407 e. The number of piperidine rings is 1. The molecule has 0 saturated carbocycles. The predicted octanol–water partition coefficient (Wildman–Crippen LogP) is 4.65. The molecule has 0 aromatic heterocycles. The molecule has 1 aliphatic heterocycles. The Kier molecular flexibility index (Phi) is 7.43. The second-order valence-corrected chi connectivity index (χ2v) is 9.69. The quantitative estimate of drug-likeness (QED) is 0.604. The fourth-order valence-electron chi connectivity index (χ4n) is 5.41. The van der Waals surface area contributed by atoms with Crippen LogP contribution in [-0.2, 0) is 14.3 Å². The van der Waals surface area contributed by atoms with E-state index < -0.39 is 30.1 Å². The van der Waals surface area contributed by atoms with Gasteiger partial charge < -0.3 is 20.1 Å². The first-order chi connectivity index (χ1) is 16.8. The molecule has 1 fully saturated rings. The first-order valence-corrected chi connectivity index (χ1v) is 12.5. The van der Waals surface area contributed by atoms with Gasteiger partial charge in [0.1, 0.15) is 12.6 Å². The summed E-state index contributed by atoms with van der Waals surface area (Å²) in [6.07, 6.45) is 1.23. The molecule has 2 aliphatic rings. The zero-order chi connectivity index (χ0) is 25.1. The van der Waals surface area contributed by atoms with Crippen molar-refractivity contribution in [3.8, 4) is 11.1 Å². The molecule has 35 heavy (non-hydrogen) atoms. The Morgan fingerprint density at radius 3 is 2.26 bits per heavy atom. The van der Waals surface area contributed by atoms with Crippen LogP contribution in [0.1, 0.15) is 57.1 Å². The Morgan fingerprint density at radius 1 is 1.09 bits per heavy atom. The number of carbonyl (C=O) groups excluding carboxylic acids is 2. The SMILES string of the molecule is CCC(C)C(NC(=O)OCC1c2ccccc2-c2ccccc21)C(=O)N1CCC[C@H](C(=O)O)[C@@H]1C. The lowest BCUT2D eigenvalue weighted by atomic mass is 9.88. The third-order valence-electron chi connectivity index (χ3n) is 7.68. The number of likely N-dealkylation sites (tertiary alicyclic amines) is 1. The summed E-state index contributed by atoms with van der Waals surface area (Å²) in [6, 6.07) is 15.1. The van der Waals surface area contributed by atoms with E-state index in [-0.39, 0.29) is 24.3 Å². The van der Waals surface area contributed by atoms with Crippen LogP contribution in [0.2, 0.25) is 0 Å². The van der Waals surface area contributed by atoms with E-state index in [1.165, 1.54) is 0 Å². The largest absolute Gasteiger partial charge is 0.481 e. The highest BCUT2D eigenvalue weighted by atomic mass is 16.5. The zero-order valence-electron chi connectivity index (χ0n) is 20.6. The Morgan fingerprint density at radius 2 is 1.69 bits per heavy atom. The van der Waals surface area contributed by atoms with Gasteiger partial charge in [-0.2, -0.15) is 0 Å². The molecule has 7 heteroatoms. The number of ether oxygens (including phenoxy) is 1. The molecule has 4 atom stereocenters. The number of nitrogens with zero attached hydrogens (tertiary/aromatic N) is 1. The van der Waals surface area contributed by atoms with E-state index in [0.29, 0.717) is 25.8 Å². The van der Waals surface area contributed by atoms with E-state index in [9.17, 15) is 19.5 Å². The highest BCUT2D eigenvalue weighted by molar-refractivity contribution is 5.87. The van der Waals surface area contributed by atoms with Gasteiger partial charge in [-0.1, -0.05) is 68.8 Å². The molecular formula is C28H34N2O5. The van der Waals surface area contributed by atoms with Crippen molar-refractivity contribution in [1.29, 1.82) is 0 Å². The Bertz CT molecular complexity index is 1050. The lowest BCUT2D eigenvalue weighted by molar-refractivity contribution is -0.150. The molecule has 186 valence electrons. The number of fused-ring (bicyclic) bond motifs is 3. The van der Waals surface area contributed by atoms with E-state index in [4.69, 9.17) is 4.74 Å². The van der Waals surface area contributed by atoms with Crippen molar-refractivity contribution in [3.05, 3.63) is 59.7 Å². The topological polar surface area (TPSA) is 95.9 Å². The second kappa shape index (κ2) is 10.5. The molecule has 0 spiro atoms. The van der Waals surface area contributed by atoms with Crippen molar-refractivity contribution < 1.29 is 24.2 Å².